The third kappa shape index (κ3) is 2.32. The Balaban J connectivity index is 1.88. The fourth-order valence-corrected chi connectivity index (χ4v) is 3.67. The highest BCUT2D eigenvalue weighted by molar-refractivity contribution is 5.86. The first-order valence-electron chi connectivity index (χ1n) is 8.31. The minimum Gasteiger partial charge on any atom is -0.496 e. The molecule has 0 radical (unpaired) electrons. The Bertz CT molecular complexity index is 850. The number of nitrogens with one attached hydrogen (secondary N) is 2. The van der Waals surface area contributed by atoms with Crippen molar-refractivity contribution in [3.63, 3.8) is 0 Å². The zero-order chi connectivity index (χ0) is 15.8. The van der Waals surface area contributed by atoms with E-state index < -0.39 is 0 Å². The molecule has 3 nitrogen and oxygen atoms in total. The molecule has 3 heteroatoms. The van der Waals surface area contributed by atoms with Crippen molar-refractivity contribution < 1.29 is 4.74 Å². The van der Waals surface area contributed by atoms with Crippen LogP contribution in [0.4, 0.5) is 0 Å². The van der Waals surface area contributed by atoms with Crippen molar-refractivity contribution in [2.75, 3.05) is 13.7 Å². The Kier molecular flexibility index (Phi) is 3.58. The van der Waals surface area contributed by atoms with Gasteiger partial charge in [-0.3, -0.25) is 0 Å². The van der Waals surface area contributed by atoms with Crippen LogP contribution >= 0.6 is 0 Å². The highest BCUT2D eigenvalue weighted by atomic mass is 16.5. The minimum absolute atomic E-state index is 0.160. The lowest BCUT2D eigenvalue weighted by molar-refractivity contribution is 0.402. The largest absolute Gasteiger partial charge is 0.496 e. The molecule has 0 saturated heterocycles. The maximum atomic E-state index is 5.57. The summed E-state index contributed by atoms with van der Waals surface area (Å²) in [7, 11) is 1.74. The molecule has 23 heavy (non-hydrogen) atoms. The van der Waals surface area contributed by atoms with Crippen LogP contribution in [0.3, 0.4) is 0 Å². The van der Waals surface area contributed by atoms with Crippen LogP contribution < -0.4 is 10.1 Å². The van der Waals surface area contributed by atoms with Crippen LogP contribution in [0.1, 0.15) is 35.3 Å². The lowest BCUT2D eigenvalue weighted by Gasteiger charge is -2.26. The van der Waals surface area contributed by atoms with E-state index in [1.54, 1.807) is 7.11 Å². The van der Waals surface area contributed by atoms with Crippen molar-refractivity contribution in [1.82, 2.24) is 10.3 Å². The fraction of sp³-hybridized carbons (Fsp3) is 0.300. The van der Waals surface area contributed by atoms with Crippen LogP contribution in [0.15, 0.2) is 42.5 Å². The van der Waals surface area contributed by atoms with Gasteiger partial charge >= 0.3 is 0 Å². The van der Waals surface area contributed by atoms with E-state index in [2.05, 4.69) is 47.6 Å². The van der Waals surface area contributed by atoms with Crippen molar-refractivity contribution in [2.24, 2.45) is 0 Å². The summed E-state index contributed by atoms with van der Waals surface area (Å²) in [5.41, 5.74) is 6.55. The van der Waals surface area contributed by atoms with Crippen LogP contribution in [0.5, 0.6) is 5.75 Å². The van der Waals surface area contributed by atoms with Crippen LogP contribution in [-0.2, 0) is 12.8 Å². The molecule has 1 aliphatic rings. The van der Waals surface area contributed by atoms with Gasteiger partial charge < -0.3 is 15.0 Å². The highest BCUT2D eigenvalue weighted by Gasteiger charge is 2.27. The van der Waals surface area contributed by atoms with Crippen molar-refractivity contribution in [1.29, 1.82) is 0 Å². The Morgan fingerprint density at radius 3 is 2.87 bits per heavy atom. The van der Waals surface area contributed by atoms with Gasteiger partial charge in [0.2, 0.25) is 0 Å². The normalized spacial score (nSPS) is 17.2. The molecule has 2 N–H and O–H groups in total. The van der Waals surface area contributed by atoms with E-state index in [9.17, 15) is 0 Å². The number of aromatic amines is 1. The molecule has 1 unspecified atom stereocenters. The molecule has 0 spiro atoms. The van der Waals surface area contributed by atoms with Crippen molar-refractivity contribution in [2.45, 2.75) is 25.8 Å². The lowest BCUT2D eigenvalue weighted by atomic mass is 9.93. The molecule has 0 fully saturated rings. The van der Waals surface area contributed by atoms with Gasteiger partial charge in [-0.2, -0.15) is 0 Å². The monoisotopic (exact) mass is 306 g/mol. The smallest absolute Gasteiger partial charge is 0.124 e. The predicted molar refractivity (Wildman–Crippen MR) is 94.2 cm³/mol. The van der Waals surface area contributed by atoms with Crippen LogP contribution in [0, 0.1) is 0 Å². The van der Waals surface area contributed by atoms with E-state index in [0.29, 0.717) is 0 Å². The molecule has 1 atom stereocenters. The van der Waals surface area contributed by atoms with Crippen molar-refractivity contribution in [3.8, 4) is 5.75 Å². The number of H-pyrrole nitrogens is 1. The van der Waals surface area contributed by atoms with E-state index >= 15 is 0 Å². The van der Waals surface area contributed by atoms with Crippen LogP contribution in [-0.4, -0.2) is 18.6 Å². The van der Waals surface area contributed by atoms with Gasteiger partial charge in [0.15, 0.2) is 0 Å². The lowest BCUT2D eigenvalue weighted by Crippen LogP contribution is -2.30. The quantitative estimate of drug-likeness (QED) is 0.768. The second-order valence-electron chi connectivity index (χ2n) is 6.13. The Labute approximate surface area is 136 Å². The van der Waals surface area contributed by atoms with Crippen LogP contribution in [0.2, 0.25) is 0 Å². The highest BCUT2D eigenvalue weighted by Crippen LogP contribution is 2.37. The van der Waals surface area contributed by atoms with Crippen LogP contribution in [0.25, 0.3) is 10.9 Å². The van der Waals surface area contributed by atoms with E-state index in [1.165, 1.54) is 33.3 Å². The van der Waals surface area contributed by atoms with Gasteiger partial charge in [0, 0.05) is 28.7 Å². The number of para-hydroxylation sites is 1. The first kappa shape index (κ1) is 14.3. The van der Waals surface area contributed by atoms with E-state index in [4.69, 9.17) is 4.74 Å². The Hall–Kier alpha value is -2.26. The summed E-state index contributed by atoms with van der Waals surface area (Å²) < 4.78 is 5.57. The SMILES string of the molecule is CCc1ccc2[nH]c3c(c2c1)CCNC3c1ccccc1OC. The number of hydrogen-bond acceptors (Lipinski definition) is 2. The average Bonchev–Trinajstić information content (AvgIpc) is 2.99. The summed E-state index contributed by atoms with van der Waals surface area (Å²) in [6.45, 7) is 3.19. The number of aromatic nitrogens is 1. The second kappa shape index (κ2) is 5.74. The molecule has 1 aromatic heterocycles. The standard InChI is InChI=1S/C20H22N2O/c1-3-13-8-9-17-16(12-13)14-10-11-21-19(20(14)22-17)15-6-4-5-7-18(15)23-2/h4-9,12,19,21-22H,3,10-11H2,1-2H3. The van der Waals surface area contributed by atoms with E-state index in [-0.39, 0.29) is 6.04 Å². The van der Waals surface area contributed by atoms with Gasteiger partial charge in [-0.1, -0.05) is 31.2 Å². The number of fused-ring (bicyclic) bond motifs is 3. The van der Waals surface area contributed by atoms with Gasteiger partial charge in [-0.05, 0) is 42.2 Å². The Morgan fingerprint density at radius 2 is 2.04 bits per heavy atom. The number of ether oxygens (including phenoxy) is 1. The molecule has 1 aliphatic heterocycles. The summed E-state index contributed by atoms with van der Waals surface area (Å²) >= 11 is 0. The molecule has 0 bridgehead atoms. The maximum absolute atomic E-state index is 5.57. The number of rotatable bonds is 3. The Morgan fingerprint density at radius 1 is 1.17 bits per heavy atom. The number of methoxy groups -OCH3 is 1. The molecular weight excluding hydrogens is 284 g/mol. The maximum Gasteiger partial charge on any atom is 0.124 e. The zero-order valence-electron chi connectivity index (χ0n) is 13.6. The molecular formula is C20H22N2O. The van der Waals surface area contributed by atoms with Gasteiger partial charge in [0.1, 0.15) is 5.75 Å². The first-order valence-corrected chi connectivity index (χ1v) is 8.31. The third-order valence-electron chi connectivity index (χ3n) is 4.87. The van der Waals surface area contributed by atoms with Crippen molar-refractivity contribution in [3.05, 3.63) is 64.8 Å². The van der Waals surface area contributed by atoms with E-state index in [0.717, 1.165) is 25.1 Å². The van der Waals surface area contributed by atoms with Gasteiger partial charge in [-0.15, -0.1) is 0 Å². The molecule has 2 aromatic carbocycles. The van der Waals surface area contributed by atoms with Gasteiger partial charge in [-0.25, -0.2) is 0 Å². The molecule has 118 valence electrons. The molecule has 0 saturated carbocycles. The number of hydrogen-bond donors (Lipinski definition) is 2. The van der Waals surface area contributed by atoms with Gasteiger partial charge in [0.25, 0.3) is 0 Å². The molecule has 0 amide bonds. The zero-order valence-corrected chi connectivity index (χ0v) is 13.6. The first-order chi connectivity index (χ1) is 11.3. The number of benzene rings is 2. The second-order valence-corrected chi connectivity index (χ2v) is 6.13. The molecule has 4 rings (SSSR count). The van der Waals surface area contributed by atoms with E-state index in [1.807, 2.05) is 12.1 Å². The predicted octanol–water partition coefficient (Wildman–Crippen LogP) is 3.97. The molecule has 2 heterocycles. The summed E-state index contributed by atoms with van der Waals surface area (Å²) in [4.78, 5) is 3.65. The average molecular weight is 306 g/mol. The fourth-order valence-electron chi connectivity index (χ4n) is 3.67. The minimum atomic E-state index is 0.160. The topological polar surface area (TPSA) is 37.0 Å². The third-order valence-corrected chi connectivity index (χ3v) is 4.87. The summed E-state index contributed by atoms with van der Waals surface area (Å²) in [6.07, 6.45) is 2.14. The van der Waals surface area contributed by atoms with Crippen molar-refractivity contribution >= 4 is 10.9 Å². The molecule has 3 aromatic rings. The summed E-state index contributed by atoms with van der Waals surface area (Å²) in [5.74, 6) is 0.936. The molecule has 0 aliphatic carbocycles. The number of aryl methyl sites for hydroxylation is 1. The summed E-state index contributed by atoms with van der Waals surface area (Å²) in [6, 6.07) is 15.2. The van der Waals surface area contributed by atoms with Gasteiger partial charge in [0.05, 0.1) is 13.2 Å². The summed E-state index contributed by atoms with van der Waals surface area (Å²) in [5, 5.41) is 5.02.